The first-order valence-corrected chi connectivity index (χ1v) is 11.7. The van der Waals surface area contributed by atoms with E-state index in [9.17, 15) is 8.42 Å². The lowest BCUT2D eigenvalue weighted by Gasteiger charge is -2.13. The zero-order chi connectivity index (χ0) is 22.7. The van der Waals surface area contributed by atoms with Gasteiger partial charge in [0.2, 0.25) is 10.0 Å². The van der Waals surface area contributed by atoms with Crippen LogP contribution < -0.4 is 10.0 Å². The third-order valence-electron chi connectivity index (χ3n) is 5.12. The summed E-state index contributed by atoms with van der Waals surface area (Å²) in [5, 5.41) is 22.9. The molecule has 0 aliphatic heterocycles. The molecule has 0 radical (unpaired) electrons. The standard InChI is InChI=1S/C24H24N4O3S/c1-16-6-5-7-19(14-16)26-24-21-9-4-3-8-20(21)23(27-28-24)18-11-10-17(2)22(15-18)32(30,31)25-12-13-29/h3-11,14-15,25,29H,12-13H2,1-2H3,(H,26,28). The van der Waals surface area contributed by atoms with Gasteiger partial charge in [0, 0.05) is 28.6 Å². The zero-order valence-corrected chi connectivity index (χ0v) is 18.6. The predicted molar refractivity (Wildman–Crippen MR) is 126 cm³/mol. The van der Waals surface area contributed by atoms with E-state index < -0.39 is 10.0 Å². The zero-order valence-electron chi connectivity index (χ0n) is 17.8. The summed E-state index contributed by atoms with van der Waals surface area (Å²) in [6, 6.07) is 20.9. The fourth-order valence-corrected chi connectivity index (χ4v) is 4.85. The van der Waals surface area contributed by atoms with E-state index in [-0.39, 0.29) is 18.0 Å². The molecule has 32 heavy (non-hydrogen) atoms. The molecular formula is C24H24N4O3S. The van der Waals surface area contributed by atoms with E-state index in [1.165, 1.54) is 0 Å². The lowest BCUT2D eigenvalue weighted by Crippen LogP contribution is -2.27. The number of nitrogens with zero attached hydrogens (tertiary/aromatic N) is 2. The quantitative estimate of drug-likeness (QED) is 0.396. The summed E-state index contributed by atoms with van der Waals surface area (Å²) in [6.45, 7) is 3.43. The van der Waals surface area contributed by atoms with E-state index >= 15 is 0 Å². The Kier molecular flexibility index (Phi) is 6.18. The summed E-state index contributed by atoms with van der Waals surface area (Å²) < 4.78 is 27.7. The molecule has 0 spiro atoms. The van der Waals surface area contributed by atoms with Gasteiger partial charge in [-0.25, -0.2) is 13.1 Å². The molecule has 7 nitrogen and oxygen atoms in total. The normalized spacial score (nSPS) is 11.6. The molecule has 3 N–H and O–H groups in total. The predicted octanol–water partition coefficient (Wildman–Crippen LogP) is 3.93. The molecule has 4 rings (SSSR count). The lowest BCUT2D eigenvalue weighted by molar-refractivity contribution is 0.301. The minimum Gasteiger partial charge on any atom is -0.395 e. The van der Waals surface area contributed by atoms with Crippen LogP contribution in [0.25, 0.3) is 22.0 Å². The molecule has 0 fully saturated rings. The van der Waals surface area contributed by atoms with Crippen LogP contribution >= 0.6 is 0 Å². The van der Waals surface area contributed by atoms with E-state index in [0.29, 0.717) is 22.6 Å². The topological polar surface area (TPSA) is 104 Å². The van der Waals surface area contributed by atoms with Gasteiger partial charge in [-0.15, -0.1) is 10.2 Å². The molecule has 164 valence electrons. The number of aryl methyl sites for hydroxylation is 2. The highest BCUT2D eigenvalue weighted by atomic mass is 32.2. The van der Waals surface area contributed by atoms with Gasteiger partial charge in [-0.3, -0.25) is 0 Å². The van der Waals surface area contributed by atoms with Crippen LogP contribution in [0, 0.1) is 13.8 Å². The summed E-state index contributed by atoms with van der Waals surface area (Å²) in [5.74, 6) is 0.625. The molecule has 0 saturated heterocycles. The van der Waals surface area contributed by atoms with E-state index in [2.05, 4.69) is 20.2 Å². The Labute approximate surface area is 187 Å². The first-order chi connectivity index (χ1) is 15.4. The second-order valence-corrected chi connectivity index (χ2v) is 9.27. The monoisotopic (exact) mass is 448 g/mol. The van der Waals surface area contributed by atoms with Crippen molar-refractivity contribution in [2.24, 2.45) is 0 Å². The number of benzene rings is 3. The van der Waals surface area contributed by atoms with Gasteiger partial charge in [0.1, 0.15) is 5.69 Å². The van der Waals surface area contributed by atoms with Crippen LogP contribution in [0.1, 0.15) is 11.1 Å². The third-order valence-corrected chi connectivity index (χ3v) is 6.73. The van der Waals surface area contributed by atoms with Gasteiger partial charge >= 0.3 is 0 Å². The number of anilines is 2. The Balaban J connectivity index is 1.80. The summed E-state index contributed by atoms with van der Waals surface area (Å²) in [6.07, 6.45) is 0. The molecule has 3 aromatic carbocycles. The van der Waals surface area contributed by atoms with Gasteiger partial charge < -0.3 is 10.4 Å². The highest BCUT2D eigenvalue weighted by molar-refractivity contribution is 7.89. The minimum absolute atomic E-state index is 0.0476. The van der Waals surface area contributed by atoms with Crippen molar-refractivity contribution in [1.82, 2.24) is 14.9 Å². The molecule has 1 heterocycles. The number of aliphatic hydroxyl groups is 1. The average molecular weight is 449 g/mol. The van der Waals surface area contributed by atoms with Crippen LogP contribution in [0.3, 0.4) is 0 Å². The van der Waals surface area contributed by atoms with Crippen LogP contribution in [-0.4, -0.2) is 36.9 Å². The number of rotatable bonds is 7. The Morgan fingerprint density at radius 1 is 0.906 bits per heavy atom. The fraction of sp³-hybridized carbons (Fsp3) is 0.167. The molecule has 1 aromatic heterocycles. The molecule has 0 saturated carbocycles. The average Bonchev–Trinajstić information content (AvgIpc) is 2.78. The van der Waals surface area contributed by atoms with Crippen molar-refractivity contribution in [2.75, 3.05) is 18.5 Å². The van der Waals surface area contributed by atoms with Crippen LogP contribution in [-0.2, 0) is 10.0 Å². The number of fused-ring (bicyclic) bond motifs is 1. The summed E-state index contributed by atoms with van der Waals surface area (Å²) in [5.41, 5.74) is 3.89. The number of nitrogens with one attached hydrogen (secondary N) is 2. The van der Waals surface area contributed by atoms with Gasteiger partial charge in [-0.2, -0.15) is 0 Å². The Bertz CT molecular complexity index is 1390. The maximum atomic E-state index is 12.7. The number of sulfonamides is 1. The maximum absolute atomic E-state index is 12.7. The fourth-order valence-electron chi connectivity index (χ4n) is 3.56. The van der Waals surface area contributed by atoms with E-state index in [1.54, 1.807) is 19.1 Å². The number of aromatic nitrogens is 2. The number of aliphatic hydroxyl groups excluding tert-OH is 1. The Hall–Kier alpha value is -3.33. The summed E-state index contributed by atoms with van der Waals surface area (Å²) in [4.78, 5) is 0.149. The Morgan fingerprint density at radius 2 is 1.69 bits per heavy atom. The first-order valence-electron chi connectivity index (χ1n) is 10.2. The molecule has 4 aromatic rings. The van der Waals surface area contributed by atoms with Crippen molar-refractivity contribution in [3.8, 4) is 11.3 Å². The van der Waals surface area contributed by atoms with Gasteiger partial charge in [-0.05, 0) is 43.2 Å². The highest BCUT2D eigenvalue weighted by Gasteiger charge is 2.19. The summed E-state index contributed by atoms with van der Waals surface area (Å²) >= 11 is 0. The largest absolute Gasteiger partial charge is 0.395 e. The van der Waals surface area contributed by atoms with Crippen LogP contribution in [0.5, 0.6) is 0 Å². The number of hydrogen-bond donors (Lipinski definition) is 3. The van der Waals surface area contributed by atoms with Crippen molar-refractivity contribution >= 4 is 32.3 Å². The Morgan fingerprint density at radius 3 is 2.44 bits per heavy atom. The SMILES string of the molecule is Cc1cccc(Nc2nnc(-c3ccc(C)c(S(=O)(=O)NCCO)c3)c3ccccc23)c1. The molecule has 0 unspecified atom stereocenters. The molecule has 0 aliphatic carbocycles. The van der Waals surface area contributed by atoms with Crippen molar-refractivity contribution in [3.05, 3.63) is 77.9 Å². The lowest BCUT2D eigenvalue weighted by atomic mass is 10.0. The molecule has 0 atom stereocenters. The maximum Gasteiger partial charge on any atom is 0.240 e. The first kappa shape index (κ1) is 21.9. The van der Waals surface area contributed by atoms with Crippen LogP contribution in [0.15, 0.2) is 71.6 Å². The van der Waals surface area contributed by atoms with E-state index in [1.807, 2.05) is 61.5 Å². The second-order valence-electron chi connectivity index (χ2n) is 7.54. The van der Waals surface area contributed by atoms with Crippen molar-refractivity contribution < 1.29 is 13.5 Å². The van der Waals surface area contributed by atoms with Crippen LogP contribution in [0.2, 0.25) is 0 Å². The van der Waals surface area contributed by atoms with Crippen molar-refractivity contribution in [3.63, 3.8) is 0 Å². The smallest absolute Gasteiger partial charge is 0.240 e. The van der Waals surface area contributed by atoms with Gasteiger partial charge in [0.15, 0.2) is 5.82 Å². The van der Waals surface area contributed by atoms with Crippen LogP contribution in [0.4, 0.5) is 11.5 Å². The van der Waals surface area contributed by atoms with Gasteiger partial charge in [-0.1, -0.05) is 48.5 Å². The van der Waals surface area contributed by atoms with E-state index in [0.717, 1.165) is 22.0 Å². The third kappa shape index (κ3) is 4.47. The molecule has 8 heteroatoms. The molecule has 0 aliphatic rings. The minimum atomic E-state index is -3.76. The number of hydrogen-bond acceptors (Lipinski definition) is 6. The van der Waals surface area contributed by atoms with Gasteiger partial charge in [0.25, 0.3) is 0 Å². The van der Waals surface area contributed by atoms with Gasteiger partial charge in [0.05, 0.1) is 11.5 Å². The van der Waals surface area contributed by atoms with Crippen molar-refractivity contribution in [2.45, 2.75) is 18.7 Å². The van der Waals surface area contributed by atoms with Crippen molar-refractivity contribution in [1.29, 1.82) is 0 Å². The molecule has 0 amide bonds. The summed E-state index contributed by atoms with van der Waals surface area (Å²) in [7, 11) is -3.76. The molecule has 0 bridgehead atoms. The second kappa shape index (κ2) is 9.04. The van der Waals surface area contributed by atoms with E-state index in [4.69, 9.17) is 5.11 Å². The highest BCUT2D eigenvalue weighted by Crippen LogP contribution is 2.32. The molecular weight excluding hydrogens is 424 g/mol.